The third kappa shape index (κ3) is 66.7. The van der Waals surface area contributed by atoms with E-state index in [0.717, 1.165) is 0 Å². The molecule has 0 aliphatic carbocycles. The second-order valence-electron chi connectivity index (χ2n) is 3.65. The summed E-state index contributed by atoms with van der Waals surface area (Å²) in [6.07, 6.45) is 1.65. The molecule has 0 aliphatic rings. The summed E-state index contributed by atoms with van der Waals surface area (Å²) in [5.41, 5.74) is 0.250. The monoisotopic (exact) mass is 351 g/mol. The van der Waals surface area contributed by atoms with E-state index in [1.54, 1.807) is 6.08 Å². The predicted molar refractivity (Wildman–Crippen MR) is 52.9 cm³/mol. The quantitative estimate of drug-likeness (QED) is 0.477. The molecule has 80 valence electrons. The molecule has 0 saturated carbocycles. The molecule has 2 radical (unpaired) electrons. The summed E-state index contributed by atoms with van der Waals surface area (Å²) < 4.78 is 4.76. The molecule has 2 nitrogen and oxygen atoms in total. The molecule has 1 N–H and O–H groups in total. The van der Waals surface area contributed by atoms with Crippen LogP contribution in [-0.2, 0) is 70.2 Å². The zero-order valence-electron chi connectivity index (χ0n) is 9.62. The van der Waals surface area contributed by atoms with Crippen LogP contribution >= 0.6 is 0 Å². The van der Waals surface area contributed by atoms with Crippen LogP contribution < -0.4 is 0 Å². The number of aliphatic hydroxyl groups is 1. The van der Waals surface area contributed by atoms with Crippen LogP contribution in [0.1, 0.15) is 20.8 Å². The maximum atomic E-state index is 8.13. The van der Waals surface area contributed by atoms with Crippen molar-refractivity contribution in [3.05, 3.63) is 19.6 Å². The van der Waals surface area contributed by atoms with Crippen LogP contribution in [0, 0.1) is 12.3 Å². The average Bonchev–Trinajstić information content (AvgIpc) is 1.85. The van der Waals surface area contributed by atoms with Crippen LogP contribution in [-0.4, -0.2) is 24.9 Å². The van der Waals surface area contributed by atoms with Gasteiger partial charge in [0.2, 0.25) is 0 Å². The third-order valence-corrected chi connectivity index (χ3v) is 0.471. The van der Waals surface area contributed by atoms with E-state index in [1.807, 2.05) is 0 Å². The molecule has 14 heavy (non-hydrogen) atoms. The van der Waals surface area contributed by atoms with Gasteiger partial charge in [-0.25, -0.2) is 0 Å². The van der Waals surface area contributed by atoms with Gasteiger partial charge in [0.1, 0.15) is 0 Å². The van der Waals surface area contributed by atoms with E-state index >= 15 is 0 Å². The molecule has 0 aromatic rings. The molecule has 0 aliphatic heterocycles. The summed E-state index contributed by atoms with van der Waals surface area (Å²) in [6.45, 7) is 14.5. The second kappa shape index (κ2) is 17.3. The molecule has 0 aromatic carbocycles. The summed E-state index contributed by atoms with van der Waals surface area (Å²) in [5, 5.41) is 8.13. The fraction of sp³-hybridized carbons (Fsp3) is 0.700. The minimum absolute atomic E-state index is 0. The zero-order valence-corrected chi connectivity index (χ0v) is 15.3. The first-order valence-corrected chi connectivity index (χ1v) is 4.06. The number of ether oxygens (including phenoxy) is 1. The molecule has 4 heteroatoms. The Hall–Kier alpha value is 1.87. The van der Waals surface area contributed by atoms with Gasteiger partial charge in [0, 0.05) is 65.4 Å². The number of aliphatic hydroxyl groups excluding tert-OH is 1. The Balaban J connectivity index is -0.0000000651. The molecule has 0 rings (SSSR count). The maximum Gasteiger partial charge on any atom is 0.0701 e. The van der Waals surface area contributed by atoms with Crippen molar-refractivity contribution in [2.75, 3.05) is 19.8 Å². The summed E-state index contributed by atoms with van der Waals surface area (Å²) in [7, 11) is 0. The van der Waals surface area contributed by atoms with Crippen LogP contribution in [0.15, 0.2) is 12.7 Å². The molecule has 0 unspecified atom stereocenters. The molecule has 0 atom stereocenters. The van der Waals surface area contributed by atoms with Crippen molar-refractivity contribution < 1.29 is 75.3 Å². The molecule has 0 spiro atoms. The zero-order chi connectivity index (χ0) is 10.0. The van der Waals surface area contributed by atoms with Crippen molar-refractivity contribution in [3.63, 3.8) is 0 Å². The fourth-order valence-electron chi connectivity index (χ4n) is 0.231. The molecule has 0 bridgehead atoms. The maximum absolute atomic E-state index is 8.13. The van der Waals surface area contributed by atoms with Crippen LogP contribution in [0.2, 0.25) is 0 Å². The van der Waals surface area contributed by atoms with Gasteiger partial charge in [0.05, 0.1) is 19.8 Å². The standard InChI is InChI=1S/C5H10O2.C5H11.2Y/c1-2-4-7-5-3-6;1-5(2,3)4;;/h2,6H,1,3-5H2;1H2,2-4H3;;/q;-1;;. The van der Waals surface area contributed by atoms with Crippen molar-refractivity contribution in [1.82, 2.24) is 0 Å². The minimum Gasteiger partial charge on any atom is -0.394 e. The van der Waals surface area contributed by atoms with Crippen molar-refractivity contribution >= 4 is 0 Å². The van der Waals surface area contributed by atoms with E-state index in [4.69, 9.17) is 9.84 Å². The first-order valence-electron chi connectivity index (χ1n) is 4.06. The Labute approximate surface area is 139 Å². The van der Waals surface area contributed by atoms with E-state index in [9.17, 15) is 0 Å². The average molecular weight is 351 g/mol. The van der Waals surface area contributed by atoms with E-state index in [2.05, 4.69) is 34.3 Å². The molecule has 0 saturated heterocycles. The fourth-order valence-corrected chi connectivity index (χ4v) is 0.231. The molecule has 0 amide bonds. The van der Waals surface area contributed by atoms with Crippen molar-refractivity contribution in [2.24, 2.45) is 5.41 Å². The van der Waals surface area contributed by atoms with Crippen LogP contribution in [0.3, 0.4) is 0 Å². The second-order valence-corrected chi connectivity index (χ2v) is 3.65. The smallest absolute Gasteiger partial charge is 0.0701 e. The molecular weight excluding hydrogens is 330 g/mol. The SMILES string of the molecule is C=CCOCCO.[CH2-]C(C)(C)C.[Y].[Y]. The molecule has 0 heterocycles. The van der Waals surface area contributed by atoms with Gasteiger partial charge in [-0.3, -0.25) is 0 Å². The van der Waals surface area contributed by atoms with Gasteiger partial charge < -0.3 is 16.8 Å². The number of hydrogen-bond acceptors (Lipinski definition) is 2. The normalized spacial score (nSPS) is 8.64. The van der Waals surface area contributed by atoms with Crippen LogP contribution in [0.25, 0.3) is 0 Å². The van der Waals surface area contributed by atoms with Gasteiger partial charge >= 0.3 is 0 Å². The van der Waals surface area contributed by atoms with Crippen LogP contribution in [0.5, 0.6) is 0 Å². The minimum atomic E-state index is 0. The first-order chi connectivity index (χ1) is 5.41. The Kier molecular flexibility index (Phi) is 30.7. The third-order valence-electron chi connectivity index (χ3n) is 0.471. The van der Waals surface area contributed by atoms with E-state index in [0.29, 0.717) is 13.2 Å². The van der Waals surface area contributed by atoms with Gasteiger partial charge in [-0.05, 0) is 0 Å². The predicted octanol–water partition coefficient (Wildman–Crippen LogP) is 2.04. The summed E-state index contributed by atoms with van der Waals surface area (Å²) in [6, 6.07) is 0. The van der Waals surface area contributed by atoms with E-state index in [-0.39, 0.29) is 77.4 Å². The van der Waals surface area contributed by atoms with Crippen molar-refractivity contribution in [2.45, 2.75) is 20.8 Å². The van der Waals surface area contributed by atoms with Gasteiger partial charge in [0.25, 0.3) is 0 Å². The Bertz CT molecular complexity index is 94.8. The summed E-state index contributed by atoms with van der Waals surface area (Å²) in [5.74, 6) is 0. The molecular formula is C10H21O2Y2-. The van der Waals surface area contributed by atoms with E-state index in [1.165, 1.54) is 0 Å². The Morgan fingerprint density at radius 2 is 1.71 bits per heavy atom. The largest absolute Gasteiger partial charge is 0.394 e. The topological polar surface area (TPSA) is 29.5 Å². The van der Waals surface area contributed by atoms with Crippen molar-refractivity contribution in [3.8, 4) is 0 Å². The molecule has 0 fully saturated rings. The van der Waals surface area contributed by atoms with Gasteiger partial charge in [-0.15, -0.1) is 6.58 Å². The van der Waals surface area contributed by atoms with Crippen LogP contribution in [0.4, 0.5) is 0 Å². The number of hydrogen-bond donors (Lipinski definition) is 1. The number of rotatable bonds is 4. The van der Waals surface area contributed by atoms with E-state index < -0.39 is 0 Å². The summed E-state index contributed by atoms with van der Waals surface area (Å²) >= 11 is 0. The molecule has 0 aromatic heterocycles. The van der Waals surface area contributed by atoms with Crippen molar-refractivity contribution in [1.29, 1.82) is 0 Å². The van der Waals surface area contributed by atoms with Gasteiger partial charge in [-0.2, -0.15) is 5.41 Å². The Morgan fingerprint density at radius 1 is 1.36 bits per heavy atom. The van der Waals surface area contributed by atoms with Gasteiger partial charge in [0.15, 0.2) is 0 Å². The summed E-state index contributed by atoms with van der Waals surface area (Å²) in [4.78, 5) is 0. The van der Waals surface area contributed by atoms with Gasteiger partial charge in [-0.1, -0.05) is 26.8 Å². The Morgan fingerprint density at radius 3 is 1.93 bits per heavy atom. The first kappa shape index (κ1) is 24.9.